The molecule has 0 unspecified atom stereocenters. The topological polar surface area (TPSA) is 77.0 Å². The number of aliphatic imine (C=N–C) groups is 1. The predicted molar refractivity (Wildman–Crippen MR) is 114 cm³/mol. The number of nitrogens with zero attached hydrogens (tertiary/aromatic N) is 1. The fraction of sp³-hybridized carbons (Fsp3) is 0.227. The van der Waals surface area contributed by atoms with Crippen molar-refractivity contribution in [2.75, 3.05) is 19.5 Å². The summed E-state index contributed by atoms with van der Waals surface area (Å²) >= 11 is 1.23. The van der Waals surface area contributed by atoms with Gasteiger partial charge in [-0.25, -0.2) is 9.79 Å². The lowest BCUT2D eigenvalue weighted by atomic mass is 9.94. The average molecular weight is 410 g/mol. The lowest BCUT2D eigenvalue weighted by Crippen LogP contribution is -2.31. The predicted octanol–water partition coefficient (Wildman–Crippen LogP) is 3.57. The third kappa shape index (κ3) is 5.06. The summed E-state index contributed by atoms with van der Waals surface area (Å²) in [6, 6.07) is 18.5. The van der Waals surface area contributed by atoms with Crippen molar-refractivity contribution in [3.63, 3.8) is 0 Å². The zero-order valence-electron chi connectivity index (χ0n) is 16.3. The number of hydrogen-bond donors (Lipinski definition) is 1. The van der Waals surface area contributed by atoms with Crippen LogP contribution in [0.3, 0.4) is 0 Å². The Labute approximate surface area is 174 Å². The van der Waals surface area contributed by atoms with Crippen LogP contribution < -0.4 is 5.32 Å². The van der Waals surface area contributed by atoms with Gasteiger partial charge in [0.2, 0.25) is 0 Å². The first-order chi connectivity index (χ1) is 14.1. The van der Waals surface area contributed by atoms with Gasteiger partial charge in [-0.15, -0.1) is 0 Å². The monoisotopic (exact) mass is 410 g/mol. The highest BCUT2D eigenvalue weighted by atomic mass is 32.2. The first-order valence-electron chi connectivity index (χ1n) is 9.20. The lowest BCUT2D eigenvalue weighted by Gasteiger charge is -2.27. The first kappa shape index (κ1) is 20.7. The number of amidine groups is 1. The number of benzene rings is 2. The zero-order valence-corrected chi connectivity index (χ0v) is 17.1. The molecule has 0 bridgehead atoms. The molecule has 2 aromatic carbocycles. The van der Waals surface area contributed by atoms with Crippen LogP contribution in [0.25, 0.3) is 5.70 Å². The third-order valence-electron chi connectivity index (χ3n) is 4.25. The van der Waals surface area contributed by atoms with Crippen LogP contribution in [0, 0.1) is 0 Å². The van der Waals surface area contributed by atoms with Crippen LogP contribution >= 0.6 is 11.8 Å². The van der Waals surface area contributed by atoms with Crippen molar-refractivity contribution in [2.45, 2.75) is 13.0 Å². The number of thioether (sulfide) groups is 1. The molecule has 6 nitrogen and oxygen atoms in total. The van der Waals surface area contributed by atoms with E-state index in [1.807, 2.05) is 60.7 Å². The van der Waals surface area contributed by atoms with E-state index in [1.165, 1.54) is 18.9 Å². The Bertz CT molecular complexity index is 926. The Morgan fingerprint density at radius 1 is 1.07 bits per heavy atom. The molecule has 2 aromatic rings. The van der Waals surface area contributed by atoms with Gasteiger partial charge in [0.15, 0.2) is 5.17 Å². The quantitative estimate of drug-likeness (QED) is 0.734. The molecule has 0 fully saturated rings. The smallest absolute Gasteiger partial charge is 0.338 e. The second-order valence-electron chi connectivity index (χ2n) is 6.11. The van der Waals surface area contributed by atoms with E-state index in [9.17, 15) is 9.59 Å². The maximum atomic E-state index is 12.9. The van der Waals surface area contributed by atoms with Crippen molar-refractivity contribution in [1.29, 1.82) is 0 Å². The van der Waals surface area contributed by atoms with Gasteiger partial charge in [-0.1, -0.05) is 72.4 Å². The third-order valence-corrected chi connectivity index (χ3v) is 5.11. The summed E-state index contributed by atoms with van der Waals surface area (Å²) < 4.78 is 10.1. The Morgan fingerprint density at radius 2 is 1.72 bits per heavy atom. The number of hydrogen-bond acceptors (Lipinski definition) is 7. The minimum atomic E-state index is -0.549. The maximum absolute atomic E-state index is 12.9. The van der Waals surface area contributed by atoms with Crippen LogP contribution in [0.2, 0.25) is 0 Å². The van der Waals surface area contributed by atoms with Gasteiger partial charge in [-0.2, -0.15) is 0 Å². The van der Waals surface area contributed by atoms with E-state index >= 15 is 0 Å². The summed E-state index contributed by atoms with van der Waals surface area (Å²) in [4.78, 5) is 29.2. The number of esters is 2. The van der Waals surface area contributed by atoms with Gasteiger partial charge < -0.3 is 14.8 Å². The summed E-state index contributed by atoms with van der Waals surface area (Å²) in [5.74, 6) is -0.661. The van der Waals surface area contributed by atoms with E-state index in [2.05, 4.69) is 5.32 Å². The van der Waals surface area contributed by atoms with Crippen LogP contribution in [-0.4, -0.2) is 36.6 Å². The van der Waals surface area contributed by atoms with Gasteiger partial charge in [-0.3, -0.25) is 4.79 Å². The highest BCUT2D eigenvalue weighted by Gasteiger charge is 2.32. The van der Waals surface area contributed by atoms with Gasteiger partial charge in [0.1, 0.15) is 6.04 Å². The molecule has 29 heavy (non-hydrogen) atoms. The Morgan fingerprint density at radius 3 is 2.34 bits per heavy atom. The lowest BCUT2D eigenvalue weighted by molar-refractivity contribution is -0.139. The van der Waals surface area contributed by atoms with E-state index < -0.39 is 12.0 Å². The second kappa shape index (κ2) is 9.93. The SMILES string of the molecule is CCOC(=O)C1=C(c2ccccc2)NC(SCC(=O)OC)=N[C@H]1c1ccccc1. The first-order valence-corrected chi connectivity index (χ1v) is 10.2. The number of ether oxygens (including phenoxy) is 2. The number of carbonyl (C=O) groups is 2. The standard InChI is InChI=1S/C22H22N2O4S/c1-3-28-21(26)18-19(15-10-6-4-7-11-15)23-22(29-14-17(25)27-2)24-20(18)16-12-8-5-9-13-16/h4-13,19H,3,14H2,1-2H3,(H,23,24)/t19-/m0/s1. The van der Waals surface area contributed by atoms with Crippen molar-refractivity contribution in [1.82, 2.24) is 5.32 Å². The van der Waals surface area contributed by atoms with E-state index in [4.69, 9.17) is 14.5 Å². The highest BCUT2D eigenvalue weighted by Crippen LogP contribution is 2.36. The molecule has 7 heteroatoms. The van der Waals surface area contributed by atoms with E-state index in [-0.39, 0.29) is 18.3 Å². The molecule has 0 amide bonds. The number of carbonyl (C=O) groups excluding carboxylic acids is 2. The van der Waals surface area contributed by atoms with Crippen LogP contribution in [0.1, 0.15) is 24.1 Å². The molecule has 0 aliphatic carbocycles. The van der Waals surface area contributed by atoms with Gasteiger partial charge in [0.05, 0.1) is 30.7 Å². The average Bonchev–Trinajstić information content (AvgIpc) is 2.78. The summed E-state index contributed by atoms with van der Waals surface area (Å²) in [5.41, 5.74) is 2.76. The molecule has 1 aliphatic heterocycles. The van der Waals surface area contributed by atoms with Crippen molar-refractivity contribution < 1.29 is 19.1 Å². The summed E-state index contributed by atoms with van der Waals surface area (Å²) in [7, 11) is 1.35. The normalized spacial score (nSPS) is 15.9. The largest absolute Gasteiger partial charge is 0.468 e. The molecule has 0 saturated heterocycles. The number of rotatable bonds is 6. The van der Waals surface area contributed by atoms with Crippen molar-refractivity contribution in [2.24, 2.45) is 4.99 Å². The minimum absolute atomic E-state index is 0.112. The van der Waals surface area contributed by atoms with Crippen molar-refractivity contribution in [3.05, 3.63) is 77.4 Å². The molecular formula is C22H22N2O4S. The molecule has 1 aliphatic rings. The zero-order chi connectivity index (χ0) is 20.6. The Hall–Kier alpha value is -3.06. The molecule has 3 rings (SSSR count). The van der Waals surface area contributed by atoms with Crippen LogP contribution in [0.15, 0.2) is 71.2 Å². The minimum Gasteiger partial charge on any atom is -0.468 e. The molecular weight excluding hydrogens is 388 g/mol. The summed E-state index contributed by atoms with van der Waals surface area (Å²) in [5, 5.41) is 3.76. The van der Waals surface area contributed by atoms with Gasteiger partial charge >= 0.3 is 11.9 Å². The molecule has 0 spiro atoms. The van der Waals surface area contributed by atoms with E-state index in [0.717, 1.165) is 11.1 Å². The Kier molecular flexibility index (Phi) is 7.08. The second-order valence-corrected chi connectivity index (χ2v) is 7.08. The molecule has 150 valence electrons. The highest BCUT2D eigenvalue weighted by molar-refractivity contribution is 8.14. The van der Waals surface area contributed by atoms with Gasteiger partial charge in [0.25, 0.3) is 0 Å². The van der Waals surface area contributed by atoms with Crippen LogP contribution in [0.4, 0.5) is 0 Å². The van der Waals surface area contributed by atoms with E-state index in [0.29, 0.717) is 16.4 Å². The fourth-order valence-corrected chi connectivity index (χ4v) is 3.64. The molecule has 0 aromatic heterocycles. The van der Waals surface area contributed by atoms with Crippen molar-refractivity contribution >= 4 is 34.6 Å². The van der Waals surface area contributed by atoms with Crippen LogP contribution in [-0.2, 0) is 19.1 Å². The van der Waals surface area contributed by atoms with Gasteiger partial charge in [-0.05, 0) is 18.1 Å². The number of methoxy groups -OCH3 is 1. The molecule has 1 N–H and O–H groups in total. The molecule has 0 radical (unpaired) electrons. The van der Waals surface area contributed by atoms with E-state index in [1.54, 1.807) is 6.92 Å². The Balaban J connectivity index is 2.09. The van der Waals surface area contributed by atoms with Gasteiger partial charge in [0, 0.05) is 0 Å². The summed E-state index contributed by atoms with van der Waals surface area (Å²) in [6.45, 7) is 2.04. The molecule has 1 heterocycles. The molecule has 0 saturated carbocycles. The van der Waals surface area contributed by atoms with Crippen molar-refractivity contribution in [3.8, 4) is 0 Å². The fourth-order valence-electron chi connectivity index (χ4n) is 2.92. The maximum Gasteiger partial charge on any atom is 0.338 e. The van der Waals surface area contributed by atoms with Crippen LogP contribution in [0.5, 0.6) is 0 Å². The summed E-state index contributed by atoms with van der Waals surface area (Å²) in [6.07, 6.45) is 0. The molecule has 1 atom stereocenters. The number of nitrogens with one attached hydrogen (secondary N) is 1.